The summed E-state index contributed by atoms with van der Waals surface area (Å²) in [6.07, 6.45) is 0. The molecule has 0 aliphatic heterocycles. The normalized spacial score (nSPS) is 10.8. The fourth-order valence-corrected chi connectivity index (χ4v) is 2.46. The molecule has 122 valence electrons. The average molecular weight is 333 g/mol. The van der Waals surface area contributed by atoms with Gasteiger partial charge >= 0.3 is 0 Å². The van der Waals surface area contributed by atoms with E-state index in [1.807, 2.05) is 30.3 Å². The Morgan fingerprint density at radius 1 is 0.875 bits per heavy atom. The molecule has 1 N–H and O–H groups in total. The topological polar surface area (TPSA) is 29.1 Å². The lowest BCUT2D eigenvalue weighted by molar-refractivity contribution is 0.0945. The number of benzene rings is 3. The molecular formula is C18H11F4NO. The molecule has 0 fully saturated rings. The lowest BCUT2D eigenvalue weighted by Gasteiger charge is -2.10. The summed E-state index contributed by atoms with van der Waals surface area (Å²) in [6, 6.07) is 13.2. The molecule has 0 aromatic heterocycles. The van der Waals surface area contributed by atoms with Crippen LogP contribution in [-0.2, 0) is 6.54 Å². The molecule has 0 atom stereocenters. The van der Waals surface area contributed by atoms with Gasteiger partial charge in [-0.15, -0.1) is 0 Å². The molecule has 0 radical (unpaired) electrons. The highest BCUT2D eigenvalue weighted by molar-refractivity contribution is 5.95. The van der Waals surface area contributed by atoms with Crippen LogP contribution in [0.5, 0.6) is 0 Å². The largest absolute Gasteiger partial charge is 0.348 e. The summed E-state index contributed by atoms with van der Waals surface area (Å²) in [6.45, 7) is 0.0280. The van der Waals surface area contributed by atoms with Crippen molar-refractivity contribution in [1.29, 1.82) is 0 Å². The van der Waals surface area contributed by atoms with Crippen molar-refractivity contribution >= 4 is 16.7 Å². The Hall–Kier alpha value is -2.89. The van der Waals surface area contributed by atoms with Gasteiger partial charge in [0, 0.05) is 6.54 Å². The monoisotopic (exact) mass is 333 g/mol. The van der Waals surface area contributed by atoms with Crippen LogP contribution in [0.2, 0.25) is 0 Å². The third kappa shape index (κ3) is 2.82. The summed E-state index contributed by atoms with van der Waals surface area (Å²) in [5.41, 5.74) is -0.128. The standard InChI is InChI=1S/C18H11F4NO/c19-14-8-13(15(20)17(22)16(14)21)18(24)23-9-11-6-3-5-10-4-1-2-7-12(10)11/h1-8H,9H2,(H,23,24). The number of hydrogen-bond donors (Lipinski definition) is 1. The summed E-state index contributed by atoms with van der Waals surface area (Å²) in [7, 11) is 0. The van der Waals surface area contributed by atoms with Gasteiger partial charge in [-0.25, -0.2) is 17.6 Å². The van der Waals surface area contributed by atoms with Gasteiger partial charge in [-0.1, -0.05) is 42.5 Å². The van der Waals surface area contributed by atoms with Crippen molar-refractivity contribution in [2.24, 2.45) is 0 Å². The third-order valence-electron chi connectivity index (χ3n) is 3.67. The molecule has 6 heteroatoms. The number of rotatable bonds is 3. The van der Waals surface area contributed by atoms with Gasteiger partial charge in [-0.3, -0.25) is 4.79 Å². The van der Waals surface area contributed by atoms with E-state index in [-0.39, 0.29) is 6.54 Å². The van der Waals surface area contributed by atoms with E-state index in [1.165, 1.54) is 0 Å². The average Bonchev–Trinajstić information content (AvgIpc) is 2.60. The fraction of sp³-hybridized carbons (Fsp3) is 0.0556. The maximum atomic E-state index is 13.6. The maximum Gasteiger partial charge on any atom is 0.254 e. The molecule has 0 bridgehead atoms. The summed E-state index contributed by atoms with van der Waals surface area (Å²) >= 11 is 0. The highest BCUT2D eigenvalue weighted by atomic mass is 19.2. The Balaban J connectivity index is 1.86. The van der Waals surface area contributed by atoms with E-state index in [0.29, 0.717) is 6.07 Å². The van der Waals surface area contributed by atoms with Gasteiger partial charge in [0.05, 0.1) is 5.56 Å². The number of halogens is 4. The van der Waals surface area contributed by atoms with Crippen molar-refractivity contribution in [2.45, 2.75) is 6.54 Å². The van der Waals surface area contributed by atoms with Gasteiger partial charge in [-0.05, 0) is 22.4 Å². The van der Waals surface area contributed by atoms with Crippen LogP contribution in [0.3, 0.4) is 0 Å². The van der Waals surface area contributed by atoms with Gasteiger partial charge in [0.15, 0.2) is 23.3 Å². The van der Waals surface area contributed by atoms with Crippen LogP contribution in [0, 0.1) is 23.3 Å². The second-order valence-corrected chi connectivity index (χ2v) is 5.17. The Labute approximate surface area is 134 Å². The maximum absolute atomic E-state index is 13.6. The number of fused-ring (bicyclic) bond motifs is 1. The molecule has 3 rings (SSSR count). The van der Waals surface area contributed by atoms with Crippen LogP contribution in [0.4, 0.5) is 17.6 Å². The van der Waals surface area contributed by atoms with Gasteiger partial charge in [0.2, 0.25) is 0 Å². The minimum absolute atomic E-state index is 0.0280. The second-order valence-electron chi connectivity index (χ2n) is 5.17. The molecule has 3 aromatic rings. The Kier molecular flexibility index (Phi) is 4.20. The van der Waals surface area contributed by atoms with Crippen LogP contribution in [0.15, 0.2) is 48.5 Å². The summed E-state index contributed by atoms with van der Waals surface area (Å²) in [5.74, 6) is -8.32. The van der Waals surface area contributed by atoms with Gasteiger partial charge in [0.1, 0.15) is 0 Å². The van der Waals surface area contributed by atoms with Crippen molar-refractivity contribution in [1.82, 2.24) is 5.32 Å². The predicted molar refractivity (Wildman–Crippen MR) is 81.4 cm³/mol. The highest BCUT2D eigenvalue weighted by Crippen LogP contribution is 2.20. The molecule has 0 spiro atoms. The van der Waals surface area contributed by atoms with Crippen LogP contribution < -0.4 is 5.32 Å². The van der Waals surface area contributed by atoms with Gasteiger partial charge in [0.25, 0.3) is 5.91 Å². The zero-order chi connectivity index (χ0) is 17.3. The summed E-state index contributed by atoms with van der Waals surface area (Å²) in [4.78, 5) is 12.0. The number of nitrogens with one attached hydrogen (secondary N) is 1. The zero-order valence-electron chi connectivity index (χ0n) is 12.2. The number of carbonyl (C=O) groups excluding carboxylic acids is 1. The van der Waals surface area contributed by atoms with Crippen molar-refractivity contribution in [2.75, 3.05) is 0 Å². The summed E-state index contributed by atoms with van der Waals surface area (Å²) < 4.78 is 53.0. The van der Waals surface area contributed by atoms with E-state index < -0.39 is 34.7 Å². The Bertz CT molecular complexity index is 934. The molecule has 0 heterocycles. The predicted octanol–water partition coefficient (Wildman–Crippen LogP) is 4.33. The van der Waals surface area contributed by atoms with E-state index in [2.05, 4.69) is 5.32 Å². The molecule has 0 aliphatic carbocycles. The molecular weight excluding hydrogens is 322 g/mol. The zero-order valence-corrected chi connectivity index (χ0v) is 12.2. The smallest absolute Gasteiger partial charge is 0.254 e. The van der Waals surface area contributed by atoms with E-state index in [4.69, 9.17) is 0 Å². The SMILES string of the molecule is O=C(NCc1cccc2ccccc12)c1cc(F)c(F)c(F)c1F. The molecule has 24 heavy (non-hydrogen) atoms. The molecule has 2 nitrogen and oxygen atoms in total. The van der Waals surface area contributed by atoms with Gasteiger partial charge < -0.3 is 5.32 Å². The van der Waals surface area contributed by atoms with Crippen LogP contribution in [-0.4, -0.2) is 5.91 Å². The molecule has 1 amide bonds. The first-order valence-corrected chi connectivity index (χ1v) is 7.07. The first-order chi connectivity index (χ1) is 11.5. The first-order valence-electron chi connectivity index (χ1n) is 7.07. The molecule has 0 saturated carbocycles. The van der Waals surface area contributed by atoms with Crippen molar-refractivity contribution in [3.8, 4) is 0 Å². The quantitative estimate of drug-likeness (QED) is 0.431. The van der Waals surface area contributed by atoms with E-state index in [0.717, 1.165) is 16.3 Å². The Morgan fingerprint density at radius 3 is 2.38 bits per heavy atom. The van der Waals surface area contributed by atoms with E-state index >= 15 is 0 Å². The highest BCUT2D eigenvalue weighted by Gasteiger charge is 2.22. The van der Waals surface area contributed by atoms with Crippen LogP contribution >= 0.6 is 0 Å². The molecule has 3 aromatic carbocycles. The lowest BCUT2D eigenvalue weighted by Crippen LogP contribution is -2.25. The molecule has 0 saturated heterocycles. The van der Waals surface area contributed by atoms with Crippen molar-refractivity contribution < 1.29 is 22.4 Å². The van der Waals surface area contributed by atoms with Crippen LogP contribution in [0.25, 0.3) is 10.8 Å². The first kappa shape index (κ1) is 16.0. The molecule has 0 unspecified atom stereocenters. The minimum Gasteiger partial charge on any atom is -0.348 e. The number of hydrogen-bond acceptors (Lipinski definition) is 1. The fourth-order valence-electron chi connectivity index (χ4n) is 2.46. The molecule has 0 aliphatic rings. The minimum atomic E-state index is -2.01. The second kappa shape index (κ2) is 6.31. The van der Waals surface area contributed by atoms with E-state index in [1.54, 1.807) is 12.1 Å². The third-order valence-corrected chi connectivity index (χ3v) is 3.67. The van der Waals surface area contributed by atoms with Crippen LogP contribution in [0.1, 0.15) is 15.9 Å². The lowest BCUT2D eigenvalue weighted by atomic mass is 10.0. The summed E-state index contributed by atoms with van der Waals surface area (Å²) in [5, 5.41) is 4.23. The number of amides is 1. The Morgan fingerprint density at radius 2 is 1.58 bits per heavy atom. The van der Waals surface area contributed by atoms with Gasteiger partial charge in [-0.2, -0.15) is 0 Å². The number of carbonyl (C=O) groups is 1. The van der Waals surface area contributed by atoms with E-state index in [9.17, 15) is 22.4 Å². The van der Waals surface area contributed by atoms with Crippen molar-refractivity contribution in [3.05, 3.63) is 82.9 Å². The van der Waals surface area contributed by atoms with Crippen molar-refractivity contribution in [3.63, 3.8) is 0 Å².